The van der Waals surface area contributed by atoms with E-state index in [1.54, 1.807) is 0 Å². The lowest BCUT2D eigenvalue weighted by Gasteiger charge is -2.20. The molecule has 1 heterocycles. The van der Waals surface area contributed by atoms with Crippen LogP contribution in [0.25, 0.3) is 0 Å². The van der Waals surface area contributed by atoms with Crippen LogP contribution in [0.2, 0.25) is 0 Å². The van der Waals surface area contributed by atoms with Gasteiger partial charge in [-0.15, -0.1) is 17.0 Å². The van der Waals surface area contributed by atoms with Crippen LogP contribution in [-0.4, -0.2) is 30.7 Å². The molecular weight excluding hydrogens is 192 g/mol. The largest absolute Gasteiger partial charge is 0.300 e. The molecule has 0 aromatic carbocycles. The van der Waals surface area contributed by atoms with Crippen LogP contribution in [-0.2, 0) is 0 Å². The maximum Gasteiger partial charge on any atom is 0.0595 e. The van der Waals surface area contributed by atoms with Crippen LogP contribution in [0.3, 0.4) is 0 Å². The highest BCUT2D eigenvalue weighted by atomic mass is 79.9. The molecule has 3 heteroatoms. The molecule has 62 valence electrons. The second-order valence-corrected chi connectivity index (χ2v) is 2.51. The molecule has 0 bridgehead atoms. The third-order valence-electron chi connectivity index (χ3n) is 2.01. The van der Waals surface area contributed by atoms with E-state index in [0.29, 0.717) is 6.17 Å². The first-order valence-corrected chi connectivity index (χ1v) is 3.86. The lowest BCUT2D eigenvalue weighted by atomic mass is 10.3. The van der Waals surface area contributed by atoms with E-state index in [9.17, 15) is 0 Å². The molecule has 0 aliphatic carbocycles. The van der Waals surface area contributed by atoms with Gasteiger partial charge in [0.1, 0.15) is 0 Å². The van der Waals surface area contributed by atoms with Crippen molar-refractivity contribution in [3.05, 3.63) is 0 Å². The van der Waals surface area contributed by atoms with Gasteiger partial charge in [0.15, 0.2) is 0 Å². The minimum atomic E-state index is 0. The molecule has 0 radical (unpaired) electrons. The lowest BCUT2D eigenvalue weighted by Crippen LogP contribution is -2.34. The Labute approximate surface area is 73.7 Å². The molecule has 0 amide bonds. The SMILES string of the molecule is Br.CCC1NCCN1CC. The third-order valence-corrected chi connectivity index (χ3v) is 2.01. The van der Waals surface area contributed by atoms with E-state index in [1.165, 1.54) is 26.1 Å². The van der Waals surface area contributed by atoms with Gasteiger partial charge in [-0.3, -0.25) is 4.90 Å². The maximum absolute atomic E-state index is 3.43. The van der Waals surface area contributed by atoms with Crippen molar-refractivity contribution in [3.63, 3.8) is 0 Å². The molecular formula is C7H17BrN2. The zero-order chi connectivity index (χ0) is 6.69. The van der Waals surface area contributed by atoms with E-state index in [2.05, 4.69) is 24.1 Å². The zero-order valence-corrected chi connectivity index (χ0v) is 8.47. The van der Waals surface area contributed by atoms with Gasteiger partial charge in [-0.2, -0.15) is 0 Å². The number of hydrogen-bond acceptors (Lipinski definition) is 2. The van der Waals surface area contributed by atoms with Gasteiger partial charge in [0.25, 0.3) is 0 Å². The van der Waals surface area contributed by atoms with Crippen molar-refractivity contribution in [3.8, 4) is 0 Å². The van der Waals surface area contributed by atoms with Crippen LogP contribution < -0.4 is 5.32 Å². The van der Waals surface area contributed by atoms with Gasteiger partial charge in [0.05, 0.1) is 6.17 Å². The molecule has 0 spiro atoms. The van der Waals surface area contributed by atoms with Crippen LogP contribution in [0.15, 0.2) is 0 Å². The first-order chi connectivity index (χ1) is 4.38. The monoisotopic (exact) mass is 208 g/mol. The summed E-state index contributed by atoms with van der Waals surface area (Å²) >= 11 is 0. The Hall–Kier alpha value is 0.400. The van der Waals surface area contributed by atoms with Gasteiger partial charge in [-0.05, 0) is 13.0 Å². The highest BCUT2D eigenvalue weighted by molar-refractivity contribution is 8.93. The smallest absolute Gasteiger partial charge is 0.0595 e. The second-order valence-electron chi connectivity index (χ2n) is 2.51. The van der Waals surface area contributed by atoms with Crippen LogP contribution in [0.5, 0.6) is 0 Å². The Bertz CT molecular complexity index is 77.7. The van der Waals surface area contributed by atoms with Gasteiger partial charge in [0, 0.05) is 13.1 Å². The first-order valence-electron chi connectivity index (χ1n) is 3.86. The molecule has 10 heavy (non-hydrogen) atoms. The van der Waals surface area contributed by atoms with Crippen molar-refractivity contribution in [2.75, 3.05) is 19.6 Å². The number of hydrogen-bond donors (Lipinski definition) is 1. The second kappa shape index (κ2) is 5.10. The van der Waals surface area contributed by atoms with Gasteiger partial charge in [-0.25, -0.2) is 0 Å². The summed E-state index contributed by atoms with van der Waals surface area (Å²) in [6, 6.07) is 0. The molecule has 1 atom stereocenters. The summed E-state index contributed by atoms with van der Waals surface area (Å²) in [5.74, 6) is 0. The fraction of sp³-hybridized carbons (Fsp3) is 1.00. The Morgan fingerprint density at radius 2 is 2.20 bits per heavy atom. The van der Waals surface area contributed by atoms with Gasteiger partial charge >= 0.3 is 0 Å². The van der Waals surface area contributed by atoms with Crippen LogP contribution in [0.4, 0.5) is 0 Å². The molecule has 0 aromatic heterocycles. The average Bonchev–Trinajstić information content (AvgIpc) is 2.33. The summed E-state index contributed by atoms with van der Waals surface area (Å²) in [6.07, 6.45) is 1.89. The average molecular weight is 209 g/mol. The van der Waals surface area contributed by atoms with E-state index in [4.69, 9.17) is 0 Å². The summed E-state index contributed by atoms with van der Waals surface area (Å²) in [5.41, 5.74) is 0. The molecule has 0 aromatic rings. The molecule has 1 aliphatic heterocycles. The number of likely N-dealkylation sites (N-methyl/N-ethyl adjacent to an activating group) is 1. The topological polar surface area (TPSA) is 15.3 Å². The minimum absolute atomic E-state index is 0. The highest BCUT2D eigenvalue weighted by Crippen LogP contribution is 2.04. The normalized spacial score (nSPS) is 26.4. The van der Waals surface area contributed by atoms with Crippen LogP contribution >= 0.6 is 17.0 Å². The zero-order valence-electron chi connectivity index (χ0n) is 6.76. The van der Waals surface area contributed by atoms with Crippen molar-refractivity contribution in [1.82, 2.24) is 10.2 Å². The minimum Gasteiger partial charge on any atom is -0.300 e. The molecule has 1 unspecified atom stereocenters. The molecule has 1 fully saturated rings. The van der Waals surface area contributed by atoms with Crippen LogP contribution in [0, 0.1) is 0 Å². The standard InChI is InChI=1S/C7H16N2.BrH/c1-3-7-8-5-6-9(7)4-2;/h7-8H,3-6H2,1-2H3;1H. The predicted molar refractivity (Wildman–Crippen MR) is 49.7 cm³/mol. The van der Waals surface area contributed by atoms with Gasteiger partial charge < -0.3 is 5.32 Å². The van der Waals surface area contributed by atoms with Gasteiger partial charge in [-0.1, -0.05) is 13.8 Å². The maximum atomic E-state index is 3.43. The van der Waals surface area contributed by atoms with E-state index in [1.807, 2.05) is 0 Å². The molecule has 2 nitrogen and oxygen atoms in total. The first kappa shape index (κ1) is 10.4. The highest BCUT2D eigenvalue weighted by Gasteiger charge is 2.19. The van der Waals surface area contributed by atoms with Crippen molar-refractivity contribution < 1.29 is 0 Å². The third kappa shape index (κ3) is 2.22. The summed E-state index contributed by atoms with van der Waals surface area (Å²) < 4.78 is 0. The summed E-state index contributed by atoms with van der Waals surface area (Å²) in [6.45, 7) is 8.04. The van der Waals surface area contributed by atoms with E-state index < -0.39 is 0 Å². The Morgan fingerprint density at radius 3 is 2.60 bits per heavy atom. The van der Waals surface area contributed by atoms with E-state index in [-0.39, 0.29) is 17.0 Å². The molecule has 0 saturated carbocycles. The molecule has 1 saturated heterocycles. The Balaban J connectivity index is 0.000000810. The number of nitrogens with one attached hydrogen (secondary N) is 1. The fourth-order valence-electron chi connectivity index (χ4n) is 1.44. The summed E-state index contributed by atoms with van der Waals surface area (Å²) in [7, 11) is 0. The summed E-state index contributed by atoms with van der Waals surface area (Å²) in [5, 5.41) is 3.43. The lowest BCUT2D eigenvalue weighted by molar-refractivity contribution is 0.248. The predicted octanol–water partition coefficient (Wildman–Crippen LogP) is 1.23. The van der Waals surface area contributed by atoms with Crippen molar-refractivity contribution in [1.29, 1.82) is 0 Å². The Morgan fingerprint density at radius 1 is 1.50 bits per heavy atom. The Kier molecular flexibility index (Phi) is 5.31. The fourth-order valence-corrected chi connectivity index (χ4v) is 1.44. The van der Waals surface area contributed by atoms with Crippen molar-refractivity contribution in [2.24, 2.45) is 0 Å². The summed E-state index contributed by atoms with van der Waals surface area (Å²) in [4.78, 5) is 2.47. The van der Waals surface area contributed by atoms with E-state index in [0.717, 1.165) is 0 Å². The molecule has 1 rings (SSSR count). The number of halogens is 1. The molecule has 1 aliphatic rings. The quantitative estimate of drug-likeness (QED) is 0.735. The van der Waals surface area contributed by atoms with Crippen molar-refractivity contribution >= 4 is 17.0 Å². The number of rotatable bonds is 2. The van der Waals surface area contributed by atoms with Crippen LogP contribution in [0.1, 0.15) is 20.3 Å². The number of nitrogens with zero attached hydrogens (tertiary/aromatic N) is 1. The van der Waals surface area contributed by atoms with Gasteiger partial charge in [0.2, 0.25) is 0 Å². The molecule has 1 N–H and O–H groups in total. The van der Waals surface area contributed by atoms with E-state index >= 15 is 0 Å². The van der Waals surface area contributed by atoms with Crippen molar-refractivity contribution in [2.45, 2.75) is 26.4 Å².